The summed E-state index contributed by atoms with van der Waals surface area (Å²) >= 11 is 12.0. The molecule has 0 saturated heterocycles. The Morgan fingerprint density at radius 3 is 2.37 bits per heavy atom. The third-order valence-electron chi connectivity index (χ3n) is 4.81. The molecule has 152 valence electrons. The van der Waals surface area contributed by atoms with Gasteiger partial charge >= 0.3 is 5.97 Å². The third-order valence-corrected chi connectivity index (χ3v) is 5.55. The lowest BCUT2D eigenvalue weighted by Gasteiger charge is -2.11. The number of carbonyl (C=O) groups is 1. The van der Waals surface area contributed by atoms with Crippen molar-refractivity contribution in [1.29, 1.82) is 0 Å². The predicted octanol–water partition coefficient (Wildman–Crippen LogP) is 6.78. The predicted molar refractivity (Wildman–Crippen MR) is 110 cm³/mol. The second-order valence-corrected chi connectivity index (χ2v) is 7.45. The topological polar surface area (TPSA) is 42.2 Å². The fourth-order valence-electron chi connectivity index (χ4n) is 3.42. The molecule has 0 bridgehead atoms. The Morgan fingerprint density at radius 2 is 1.67 bits per heavy atom. The lowest BCUT2D eigenvalue weighted by Crippen LogP contribution is -2.09. The number of aromatic carboxylic acids is 1. The standard InChI is InChI=1S/C22H12Cl2F3NO2/c23-15-6-4-11(8-16(15)24)10-28-18-3-1-2-12(14(18)9-19(28)22(29)30)13-5-7-17(25)21(27)20(13)26/h1-9H,10H2,(H,29,30). The van der Waals surface area contributed by atoms with Gasteiger partial charge in [-0.25, -0.2) is 18.0 Å². The number of nitrogens with zero attached hydrogens (tertiary/aromatic N) is 1. The molecule has 0 unspecified atom stereocenters. The van der Waals surface area contributed by atoms with Crippen molar-refractivity contribution >= 4 is 40.1 Å². The summed E-state index contributed by atoms with van der Waals surface area (Å²) in [5.74, 6) is -5.41. The van der Waals surface area contributed by atoms with Crippen molar-refractivity contribution in [3.05, 3.63) is 93.4 Å². The maximum atomic E-state index is 14.4. The van der Waals surface area contributed by atoms with Gasteiger partial charge in [0.1, 0.15) is 5.69 Å². The minimum atomic E-state index is -1.59. The molecule has 30 heavy (non-hydrogen) atoms. The Labute approximate surface area is 178 Å². The molecule has 0 radical (unpaired) electrons. The van der Waals surface area contributed by atoms with Gasteiger partial charge in [0, 0.05) is 23.0 Å². The minimum absolute atomic E-state index is 0.0495. The molecule has 4 rings (SSSR count). The minimum Gasteiger partial charge on any atom is -0.477 e. The number of fused-ring (bicyclic) bond motifs is 1. The van der Waals surface area contributed by atoms with Gasteiger partial charge in [0.25, 0.3) is 0 Å². The van der Waals surface area contributed by atoms with E-state index in [1.165, 1.54) is 16.7 Å². The zero-order chi connectivity index (χ0) is 21.6. The van der Waals surface area contributed by atoms with E-state index in [4.69, 9.17) is 23.2 Å². The highest BCUT2D eigenvalue weighted by Gasteiger charge is 2.21. The number of carboxylic acids is 1. The molecule has 3 nitrogen and oxygen atoms in total. The maximum Gasteiger partial charge on any atom is 0.352 e. The van der Waals surface area contributed by atoms with Gasteiger partial charge in [-0.05, 0) is 47.5 Å². The van der Waals surface area contributed by atoms with Crippen LogP contribution in [0.2, 0.25) is 10.0 Å². The second-order valence-electron chi connectivity index (χ2n) is 6.63. The SMILES string of the molecule is O=C(O)c1cc2c(-c3ccc(F)c(F)c3F)cccc2n1Cc1ccc(Cl)c(Cl)c1. The summed E-state index contributed by atoms with van der Waals surface area (Å²) in [5.41, 5.74) is 1.22. The van der Waals surface area contributed by atoms with Crippen LogP contribution in [-0.4, -0.2) is 15.6 Å². The van der Waals surface area contributed by atoms with Crippen LogP contribution in [0.1, 0.15) is 16.1 Å². The number of carboxylic acid groups (broad SMARTS) is 1. The first-order chi connectivity index (χ1) is 14.3. The molecule has 8 heteroatoms. The van der Waals surface area contributed by atoms with E-state index in [-0.39, 0.29) is 23.4 Å². The average Bonchev–Trinajstić information content (AvgIpc) is 3.08. The molecule has 0 atom stereocenters. The van der Waals surface area contributed by atoms with Gasteiger partial charge in [0.05, 0.1) is 10.0 Å². The molecule has 0 aliphatic rings. The van der Waals surface area contributed by atoms with Crippen molar-refractivity contribution in [1.82, 2.24) is 4.57 Å². The van der Waals surface area contributed by atoms with Crippen molar-refractivity contribution in [3.8, 4) is 11.1 Å². The zero-order valence-corrected chi connectivity index (χ0v) is 16.6. The summed E-state index contributed by atoms with van der Waals surface area (Å²) in [5, 5.41) is 10.8. The van der Waals surface area contributed by atoms with Crippen LogP contribution < -0.4 is 0 Å². The van der Waals surface area contributed by atoms with Crippen molar-refractivity contribution < 1.29 is 23.1 Å². The maximum absolute atomic E-state index is 14.4. The van der Waals surface area contributed by atoms with E-state index >= 15 is 0 Å². The van der Waals surface area contributed by atoms with E-state index in [0.717, 1.165) is 12.1 Å². The number of halogens is 5. The smallest absolute Gasteiger partial charge is 0.352 e. The van der Waals surface area contributed by atoms with Gasteiger partial charge in [0.2, 0.25) is 0 Å². The summed E-state index contributed by atoms with van der Waals surface area (Å²) in [6, 6.07) is 13.1. The first-order valence-electron chi connectivity index (χ1n) is 8.71. The van der Waals surface area contributed by atoms with Crippen molar-refractivity contribution in [2.75, 3.05) is 0 Å². The molecule has 3 aromatic carbocycles. The Kier molecular flexibility index (Phi) is 5.22. The van der Waals surface area contributed by atoms with Crippen molar-refractivity contribution in [3.63, 3.8) is 0 Å². The van der Waals surface area contributed by atoms with Crippen LogP contribution >= 0.6 is 23.2 Å². The molecule has 4 aromatic rings. The summed E-state index contributed by atoms with van der Waals surface area (Å²) in [6.07, 6.45) is 0. The summed E-state index contributed by atoms with van der Waals surface area (Å²) < 4.78 is 43.1. The highest BCUT2D eigenvalue weighted by molar-refractivity contribution is 6.42. The van der Waals surface area contributed by atoms with E-state index in [2.05, 4.69) is 0 Å². The van der Waals surface area contributed by atoms with Gasteiger partial charge < -0.3 is 9.67 Å². The van der Waals surface area contributed by atoms with Gasteiger partial charge in [-0.1, -0.05) is 41.4 Å². The number of aromatic nitrogens is 1. The first-order valence-corrected chi connectivity index (χ1v) is 9.47. The Bertz CT molecular complexity index is 1320. The van der Waals surface area contributed by atoms with Gasteiger partial charge in [0.15, 0.2) is 17.5 Å². The second kappa shape index (κ2) is 7.70. The van der Waals surface area contributed by atoms with Gasteiger partial charge in [-0.15, -0.1) is 0 Å². The fraction of sp³-hybridized carbons (Fsp3) is 0.0455. The molecular weight excluding hydrogens is 438 g/mol. The van der Waals surface area contributed by atoms with E-state index in [1.54, 1.807) is 30.3 Å². The molecular formula is C22H12Cl2F3NO2. The molecule has 1 N–H and O–H groups in total. The van der Waals surface area contributed by atoms with E-state index in [0.29, 0.717) is 26.5 Å². The molecule has 0 saturated carbocycles. The largest absolute Gasteiger partial charge is 0.477 e. The molecule has 0 aliphatic heterocycles. The molecule has 0 aliphatic carbocycles. The van der Waals surface area contributed by atoms with Crippen LogP contribution in [0, 0.1) is 17.5 Å². The molecule has 0 amide bonds. The van der Waals surface area contributed by atoms with Gasteiger partial charge in [-0.2, -0.15) is 0 Å². The molecule has 1 aromatic heterocycles. The number of hydrogen-bond acceptors (Lipinski definition) is 1. The van der Waals surface area contributed by atoms with E-state index < -0.39 is 23.4 Å². The Morgan fingerprint density at radius 1 is 0.900 bits per heavy atom. The van der Waals surface area contributed by atoms with Crippen LogP contribution in [-0.2, 0) is 6.54 Å². The van der Waals surface area contributed by atoms with Crippen LogP contribution in [0.15, 0.2) is 54.6 Å². The summed E-state index contributed by atoms with van der Waals surface area (Å²) in [7, 11) is 0. The normalized spacial score (nSPS) is 11.2. The van der Waals surface area contributed by atoms with Crippen LogP contribution in [0.3, 0.4) is 0 Å². The molecule has 1 heterocycles. The zero-order valence-electron chi connectivity index (χ0n) is 15.1. The van der Waals surface area contributed by atoms with Gasteiger partial charge in [-0.3, -0.25) is 0 Å². The Hall–Kier alpha value is -2.96. The first kappa shape index (κ1) is 20.3. The van der Waals surface area contributed by atoms with Crippen LogP contribution in [0.5, 0.6) is 0 Å². The van der Waals surface area contributed by atoms with Crippen LogP contribution in [0.4, 0.5) is 13.2 Å². The lowest BCUT2D eigenvalue weighted by atomic mass is 10.0. The third kappa shape index (κ3) is 3.42. The average molecular weight is 450 g/mol. The van der Waals surface area contributed by atoms with E-state index in [1.807, 2.05) is 0 Å². The summed E-state index contributed by atoms with van der Waals surface area (Å²) in [6.45, 7) is 0.158. The van der Waals surface area contributed by atoms with Crippen LogP contribution in [0.25, 0.3) is 22.0 Å². The highest BCUT2D eigenvalue weighted by atomic mass is 35.5. The lowest BCUT2D eigenvalue weighted by molar-refractivity contribution is 0.0686. The van der Waals surface area contributed by atoms with E-state index in [9.17, 15) is 23.1 Å². The molecule has 0 fully saturated rings. The van der Waals surface area contributed by atoms with Crippen molar-refractivity contribution in [2.45, 2.75) is 6.54 Å². The van der Waals surface area contributed by atoms with Crippen molar-refractivity contribution in [2.24, 2.45) is 0 Å². The number of rotatable bonds is 4. The number of hydrogen-bond donors (Lipinski definition) is 1. The quantitative estimate of drug-likeness (QED) is 0.349. The molecule has 0 spiro atoms. The highest BCUT2D eigenvalue weighted by Crippen LogP contribution is 2.34. The monoisotopic (exact) mass is 449 g/mol. The number of benzene rings is 3. The fourth-order valence-corrected chi connectivity index (χ4v) is 3.74. The summed E-state index contributed by atoms with van der Waals surface area (Å²) in [4.78, 5) is 11.9. The Balaban J connectivity index is 1.93.